The van der Waals surface area contributed by atoms with Gasteiger partial charge >= 0.3 is 0 Å². The summed E-state index contributed by atoms with van der Waals surface area (Å²) >= 11 is 0. The van der Waals surface area contributed by atoms with E-state index in [1.807, 2.05) is 0 Å². The zero-order valence-corrected chi connectivity index (χ0v) is 18.5. The monoisotopic (exact) mass is 414 g/mol. The van der Waals surface area contributed by atoms with Crippen molar-refractivity contribution in [3.8, 4) is 0 Å². The van der Waals surface area contributed by atoms with Gasteiger partial charge in [-0.3, -0.25) is 4.90 Å². The van der Waals surface area contributed by atoms with Gasteiger partial charge in [-0.15, -0.1) is 0 Å². The fourth-order valence-corrected chi connectivity index (χ4v) is 6.58. The third kappa shape index (κ3) is 3.34. The van der Waals surface area contributed by atoms with Crippen LogP contribution < -0.4 is 0 Å². The van der Waals surface area contributed by atoms with Crippen molar-refractivity contribution in [2.45, 2.75) is 82.5 Å². The Balaban J connectivity index is 1.40. The van der Waals surface area contributed by atoms with Crippen LogP contribution in [0.5, 0.6) is 0 Å². The molecule has 1 saturated carbocycles. The van der Waals surface area contributed by atoms with Gasteiger partial charge in [-0.25, -0.2) is 0 Å². The largest absolute Gasteiger partial charge is 0.385 e. The fourth-order valence-electron chi connectivity index (χ4n) is 6.58. The summed E-state index contributed by atoms with van der Waals surface area (Å²) in [4.78, 5) is 2.70. The number of rotatable bonds is 3. The Labute approximate surface area is 185 Å². The highest BCUT2D eigenvalue weighted by atomic mass is 16.3. The topological polar surface area (TPSA) is 28.4 Å². The first-order valence-corrected chi connectivity index (χ1v) is 12.4. The summed E-state index contributed by atoms with van der Waals surface area (Å²) in [5, 5.41) is 12.9. The molecule has 1 fully saturated rings. The molecule has 0 radical (unpaired) electrons. The van der Waals surface area contributed by atoms with E-state index >= 15 is 0 Å². The first-order valence-electron chi connectivity index (χ1n) is 12.4. The molecule has 3 heteroatoms. The predicted octanol–water partition coefficient (Wildman–Crippen LogP) is 6.08. The van der Waals surface area contributed by atoms with Crippen LogP contribution in [0.2, 0.25) is 0 Å². The maximum atomic E-state index is 11.5. The normalized spacial score (nSPS) is 23.5. The van der Waals surface area contributed by atoms with Crippen LogP contribution in [0.4, 0.5) is 0 Å². The second-order valence-corrected chi connectivity index (χ2v) is 10.1. The van der Waals surface area contributed by atoms with E-state index in [2.05, 4.69) is 58.0 Å². The van der Waals surface area contributed by atoms with Crippen LogP contribution in [0.15, 0.2) is 48.5 Å². The molecule has 2 aliphatic carbocycles. The number of aromatic nitrogens is 1. The van der Waals surface area contributed by atoms with Gasteiger partial charge in [-0.2, -0.15) is 0 Å². The summed E-state index contributed by atoms with van der Waals surface area (Å²) in [7, 11) is 0. The SMILES string of the molecule is OC1(c2ccc3c(c2)c2c4n3CCN(Cc3ccccc3)[C@H]4CCC2)CCCCCC1. The van der Waals surface area contributed by atoms with Crippen molar-refractivity contribution >= 4 is 10.9 Å². The number of hydrogen-bond acceptors (Lipinski definition) is 2. The number of benzene rings is 2. The molecule has 31 heavy (non-hydrogen) atoms. The highest BCUT2D eigenvalue weighted by Crippen LogP contribution is 2.45. The van der Waals surface area contributed by atoms with Crippen LogP contribution in [0.25, 0.3) is 10.9 Å². The van der Waals surface area contributed by atoms with E-state index < -0.39 is 5.60 Å². The van der Waals surface area contributed by atoms with Crippen LogP contribution in [-0.4, -0.2) is 21.1 Å². The van der Waals surface area contributed by atoms with Crippen LogP contribution in [0, 0.1) is 0 Å². The summed E-state index contributed by atoms with van der Waals surface area (Å²) in [5.41, 5.74) is 6.45. The van der Waals surface area contributed by atoms with Gasteiger partial charge in [0.25, 0.3) is 0 Å². The summed E-state index contributed by atoms with van der Waals surface area (Å²) in [6.45, 7) is 3.22. The lowest BCUT2D eigenvalue weighted by Gasteiger charge is -2.40. The van der Waals surface area contributed by atoms with E-state index in [0.717, 1.165) is 50.9 Å². The minimum absolute atomic E-state index is 0.523. The second-order valence-electron chi connectivity index (χ2n) is 10.1. The van der Waals surface area contributed by atoms with Gasteiger partial charge in [0.2, 0.25) is 0 Å². The Hall–Kier alpha value is -2.10. The lowest BCUT2D eigenvalue weighted by Crippen LogP contribution is -2.39. The van der Waals surface area contributed by atoms with Crippen LogP contribution >= 0.6 is 0 Å². The Kier molecular flexibility index (Phi) is 4.92. The molecule has 3 aromatic rings. The number of fused-ring (bicyclic) bond motifs is 3. The molecular weight excluding hydrogens is 380 g/mol. The molecular formula is C28H34N2O. The first kappa shape index (κ1) is 19.6. The van der Waals surface area contributed by atoms with Crippen molar-refractivity contribution in [2.24, 2.45) is 0 Å². The van der Waals surface area contributed by atoms with Crippen molar-refractivity contribution < 1.29 is 5.11 Å². The van der Waals surface area contributed by atoms with Gasteiger partial charge in [0.15, 0.2) is 0 Å². The predicted molar refractivity (Wildman–Crippen MR) is 126 cm³/mol. The Morgan fingerprint density at radius 1 is 0.903 bits per heavy atom. The first-order chi connectivity index (χ1) is 15.2. The molecule has 0 bridgehead atoms. The Morgan fingerprint density at radius 2 is 1.71 bits per heavy atom. The molecule has 0 unspecified atom stereocenters. The zero-order chi connectivity index (χ0) is 20.8. The van der Waals surface area contributed by atoms with Crippen LogP contribution in [0.1, 0.15) is 79.8 Å². The Bertz CT molecular complexity index is 1080. The molecule has 2 aromatic carbocycles. The smallest absolute Gasteiger partial charge is 0.0896 e. The number of aliphatic hydroxyl groups is 1. The molecule has 162 valence electrons. The summed E-state index contributed by atoms with van der Waals surface area (Å²) in [6.07, 6.45) is 10.3. The van der Waals surface area contributed by atoms with Gasteiger partial charge in [0, 0.05) is 36.2 Å². The average molecular weight is 415 g/mol. The van der Waals surface area contributed by atoms with Gasteiger partial charge < -0.3 is 9.67 Å². The summed E-state index contributed by atoms with van der Waals surface area (Å²) in [5.74, 6) is 0. The van der Waals surface area contributed by atoms with Crippen LogP contribution in [0.3, 0.4) is 0 Å². The quantitative estimate of drug-likeness (QED) is 0.526. The molecule has 1 aromatic heterocycles. The lowest BCUT2D eigenvalue weighted by molar-refractivity contribution is 0.0208. The minimum atomic E-state index is -0.632. The molecule has 2 heterocycles. The van der Waals surface area contributed by atoms with E-state index in [9.17, 15) is 5.11 Å². The molecule has 6 rings (SSSR count). The van der Waals surface area contributed by atoms with E-state index in [4.69, 9.17) is 0 Å². The van der Waals surface area contributed by atoms with Crippen molar-refractivity contribution in [3.63, 3.8) is 0 Å². The van der Waals surface area contributed by atoms with Crippen molar-refractivity contribution in [1.82, 2.24) is 9.47 Å². The van der Waals surface area contributed by atoms with E-state index in [1.54, 1.807) is 11.3 Å². The summed E-state index contributed by atoms with van der Waals surface area (Å²) < 4.78 is 2.61. The van der Waals surface area contributed by atoms with Gasteiger partial charge in [0.1, 0.15) is 0 Å². The fraction of sp³-hybridized carbons (Fsp3) is 0.500. The molecule has 1 aliphatic heterocycles. The Morgan fingerprint density at radius 3 is 2.52 bits per heavy atom. The van der Waals surface area contributed by atoms with Gasteiger partial charge in [-0.1, -0.05) is 62.1 Å². The maximum Gasteiger partial charge on any atom is 0.0896 e. The molecule has 0 spiro atoms. The summed E-state index contributed by atoms with van der Waals surface area (Å²) in [6, 6.07) is 18.4. The third-order valence-corrected chi connectivity index (χ3v) is 8.18. The van der Waals surface area contributed by atoms with Crippen molar-refractivity contribution in [2.75, 3.05) is 6.54 Å². The highest BCUT2D eigenvalue weighted by molar-refractivity contribution is 5.87. The zero-order valence-electron chi connectivity index (χ0n) is 18.5. The average Bonchev–Trinajstić information content (AvgIpc) is 2.96. The highest BCUT2D eigenvalue weighted by Gasteiger charge is 2.36. The molecule has 1 N–H and O–H groups in total. The number of hydrogen-bond donors (Lipinski definition) is 1. The number of aryl methyl sites for hydroxylation is 1. The minimum Gasteiger partial charge on any atom is -0.385 e. The van der Waals surface area contributed by atoms with E-state index in [-0.39, 0.29) is 0 Å². The third-order valence-electron chi connectivity index (χ3n) is 8.18. The van der Waals surface area contributed by atoms with Crippen molar-refractivity contribution in [1.29, 1.82) is 0 Å². The molecule has 1 atom stereocenters. The maximum absolute atomic E-state index is 11.5. The molecule has 0 amide bonds. The van der Waals surface area contributed by atoms with E-state index in [0.29, 0.717) is 6.04 Å². The van der Waals surface area contributed by atoms with Crippen molar-refractivity contribution in [3.05, 3.63) is 70.9 Å². The number of nitrogens with zero attached hydrogens (tertiary/aromatic N) is 2. The standard InChI is InChI=1S/C28H34N2O/c31-28(15-6-1-2-7-16-28)22-13-14-25-24(19-22)23-11-8-12-26-27(23)30(25)18-17-29(26)20-21-9-4-3-5-10-21/h3-5,9-10,13-14,19,26,31H,1-2,6-8,11-12,15-18,20H2/t26-/m0/s1. The lowest BCUT2D eigenvalue weighted by atomic mass is 9.84. The van der Waals surface area contributed by atoms with Gasteiger partial charge in [0.05, 0.1) is 11.6 Å². The molecule has 3 aliphatic rings. The molecule has 3 nitrogen and oxygen atoms in total. The van der Waals surface area contributed by atoms with E-state index in [1.165, 1.54) is 48.6 Å². The van der Waals surface area contributed by atoms with Crippen LogP contribution in [-0.2, 0) is 25.1 Å². The molecule has 0 saturated heterocycles. The second kappa shape index (κ2) is 7.79. The van der Waals surface area contributed by atoms with Gasteiger partial charge in [-0.05, 0) is 60.9 Å².